The van der Waals surface area contributed by atoms with Crippen LogP contribution in [0.2, 0.25) is 0 Å². The first-order valence-electron chi connectivity index (χ1n) is 6.78. The van der Waals surface area contributed by atoms with Gasteiger partial charge in [0, 0.05) is 31.5 Å². The number of nitrogens with zero attached hydrogens (tertiary/aromatic N) is 3. The number of methoxy groups -OCH3 is 2. The zero-order chi connectivity index (χ0) is 15.7. The van der Waals surface area contributed by atoms with Crippen molar-refractivity contribution >= 4 is 10.0 Å². The number of benzene rings is 1. The standard InChI is InChI=1S/C14H17N3O4S/c1-20-11-3-4-12(21-2)13(9-11)22(18,19)17-8-7-16-6-5-15-14(16)10-17/h3-6,9H,7-8,10H2,1-2H3. The topological polar surface area (TPSA) is 73.7 Å². The van der Waals surface area contributed by atoms with Crippen LogP contribution in [0.5, 0.6) is 11.5 Å². The van der Waals surface area contributed by atoms with Gasteiger partial charge in [-0.3, -0.25) is 0 Å². The number of imidazole rings is 1. The zero-order valence-corrected chi connectivity index (χ0v) is 13.2. The fraction of sp³-hybridized carbons (Fsp3) is 0.357. The third-order valence-electron chi connectivity index (χ3n) is 3.70. The van der Waals surface area contributed by atoms with Crippen molar-refractivity contribution < 1.29 is 17.9 Å². The van der Waals surface area contributed by atoms with Crippen LogP contribution in [0.3, 0.4) is 0 Å². The summed E-state index contributed by atoms with van der Waals surface area (Å²) in [5, 5.41) is 0. The molecule has 0 fully saturated rings. The molecule has 22 heavy (non-hydrogen) atoms. The van der Waals surface area contributed by atoms with Gasteiger partial charge in [0.25, 0.3) is 0 Å². The SMILES string of the molecule is COc1ccc(OC)c(S(=O)(=O)N2CCn3ccnc3C2)c1. The number of fused-ring (bicyclic) bond motifs is 1. The van der Waals surface area contributed by atoms with E-state index in [-0.39, 0.29) is 11.4 Å². The summed E-state index contributed by atoms with van der Waals surface area (Å²) in [6, 6.07) is 4.74. The van der Waals surface area contributed by atoms with E-state index >= 15 is 0 Å². The van der Waals surface area contributed by atoms with Crippen LogP contribution < -0.4 is 9.47 Å². The molecule has 1 aliphatic rings. The molecule has 2 heterocycles. The Morgan fingerprint density at radius 2 is 2.00 bits per heavy atom. The Kier molecular flexibility index (Phi) is 3.79. The predicted molar refractivity (Wildman–Crippen MR) is 79.4 cm³/mol. The molecule has 1 aliphatic heterocycles. The van der Waals surface area contributed by atoms with Crippen LogP contribution in [0, 0.1) is 0 Å². The summed E-state index contributed by atoms with van der Waals surface area (Å²) < 4.78 is 39.5. The molecule has 8 heteroatoms. The Morgan fingerprint density at radius 1 is 1.18 bits per heavy atom. The normalized spacial score (nSPS) is 15.4. The molecule has 0 radical (unpaired) electrons. The molecule has 0 saturated heterocycles. The highest BCUT2D eigenvalue weighted by atomic mass is 32.2. The van der Waals surface area contributed by atoms with E-state index in [0.29, 0.717) is 24.6 Å². The van der Waals surface area contributed by atoms with Crippen molar-refractivity contribution in [3.63, 3.8) is 0 Å². The van der Waals surface area contributed by atoms with Gasteiger partial charge in [-0.05, 0) is 12.1 Å². The van der Waals surface area contributed by atoms with E-state index in [1.807, 2.05) is 10.8 Å². The quantitative estimate of drug-likeness (QED) is 0.842. The summed E-state index contributed by atoms with van der Waals surface area (Å²) in [6.07, 6.45) is 3.53. The maximum atomic E-state index is 12.9. The van der Waals surface area contributed by atoms with Gasteiger partial charge in [-0.1, -0.05) is 0 Å². The highest BCUT2D eigenvalue weighted by molar-refractivity contribution is 7.89. The van der Waals surface area contributed by atoms with Gasteiger partial charge in [-0.25, -0.2) is 13.4 Å². The highest BCUT2D eigenvalue weighted by Crippen LogP contribution is 2.31. The summed E-state index contributed by atoms with van der Waals surface area (Å²) in [5.41, 5.74) is 0. The van der Waals surface area contributed by atoms with Crippen molar-refractivity contribution in [2.45, 2.75) is 18.0 Å². The Hall–Kier alpha value is -2.06. The van der Waals surface area contributed by atoms with Crippen molar-refractivity contribution in [1.82, 2.24) is 13.9 Å². The second-order valence-corrected chi connectivity index (χ2v) is 6.80. The number of aromatic nitrogens is 2. The van der Waals surface area contributed by atoms with E-state index in [0.717, 1.165) is 5.82 Å². The molecular formula is C14H17N3O4S. The van der Waals surface area contributed by atoms with Crippen molar-refractivity contribution in [2.75, 3.05) is 20.8 Å². The van der Waals surface area contributed by atoms with Crippen molar-refractivity contribution in [3.05, 3.63) is 36.4 Å². The fourth-order valence-corrected chi connectivity index (χ4v) is 4.04. The van der Waals surface area contributed by atoms with Crippen LogP contribution in [0.15, 0.2) is 35.5 Å². The average Bonchev–Trinajstić information content (AvgIpc) is 3.01. The van der Waals surface area contributed by atoms with Crippen molar-refractivity contribution in [3.8, 4) is 11.5 Å². The van der Waals surface area contributed by atoms with E-state index in [2.05, 4.69) is 4.98 Å². The lowest BCUT2D eigenvalue weighted by Gasteiger charge is -2.27. The second kappa shape index (κ2) is 5.62. The largest absolute Gasteiger partial charge is 0.497 e. The van der Waals surface area contributed by atoms with E-state index < -0.39 is 10.0 Å². The van der Waals surface area contributed by atoms with E-state index in [1.54, 1.807) is 18.3 Å². The maximum absolute atomic E-state index is 12.9. The van der Waals surface area contributed by atoms with Gasteiger partial charge < -0.3 is 14.0 Å². The van der Waals surface area contributed by atoms with Crippen LogP contribution in [-0.4, -0.2) is 43.0 Å². The Bertz CT molecular complexity index is 785. The van der Waals surface area contributed by atoms with Gasteiger partial charge in [0.2, 0.25) is 10.0 Å². The second-order valence-electron chi connectivity index (χ2n) is 4.89. The maximum Gasteiger partial charge on any atom is 0.247 e. The van der Waals surface area contributed by atoms with Crippen molar-refractivity contribution in [1.29, 1.82) is 0 Å². The molecule has 0 saturated carbocycles. The van der Waals surface area contributed by atoms with Gasteiger partial charge >= 0.3 is 0 Å². The summed E-state index contributed by atoms with van der Waals surface area (Å²) >= 11 is 0. The molecular weight excluding hydrogens is 306 g/mol. The minimum Gasteiger partial charge on any atom is -0.497 e. The summed E-state index contributed by atoms with van der Waals surface area (Å²) in [4.78, 5) is 4.30. The highest BCUT2D eigenvalue weighted by Gasteiger charge is 2.31. The van der Waals surface area contributed by atoms with Gasteiger partial charge in [-0.2, -0.15) is 4.31 Å². The van der Waals surface area contributed by atoms with Crippen LogP contribution in [0.4, 0.5) is 0 Å². The molecule has 2 aromatic rings. The van der Waals surface area contributed by atoms with Gasteiger partial charge in [0.05, 0.1) is 20.8 Å². The lowest BCUT2D eigenvalue weighted by molar-refractivity contribution is 0.331. The van der Waals surface area contributed by atoms with Gasteiger partial charge in [0.15, 0.2) is 0 Å². The molecule has 118 valence electrons. The molecule has 1 aromatic heterocycles. The number of sulfonamides is 1. The molecule has 0 amide bonds. The predicted octanol–water partition coefficient (Wildman–Crippen LogP) is 1.10. The zero-order valence-electron chi connectivity index (χ0n) is 12.4. The first-order chi connectivity index (χ1) is 10.6. The Labute approximate surface area is 129 Å². The lowest BCUT2D eigenvalue weighted by atomic mass is 10.3. The van der Waals surface area contributed by atoms with Crippen LogP contribution in [0.25, 0.3) is 0 Å². The molecule has 0 N–H and O–H groups in total. The fourth-order valence-electron chi connectivity index (χ4n) is 2.48. The first kappa shape index (κ1) is 14.9. The summed E-state index contributed by atoms with van der Waals surface area (Å²) in [7, 11) is -0.739. The molecule has 0 atom stereocenters. The van der Waals surface area contributed by atoms with Gasteiger partial charge in [-0.15, -0.1) is 0 Å². The van der Waals surface area contributed by atoms with Crippen LogP contribution in [0.1, 0.15) is 5.82 Å². The monoisotopic (exact) mass is 323 g/mol. The molecule has 0 unspecified atom stereocenters. The third kappa shape index (κ3) is 2.44. The van der Waals surface area contributed by atoms with E-state index in [4.69, 9.17) is 9.47 Å². The summed E-state index contributed by atoms with van der Waals surface area (Å²) in [5.74, 6) is 1.50. The molecule has 1 aromatic carbocycles. The lowest BCUT2D eigenvalue weighted by Crippen LogP contribution is -2.38. The minimum atomic E-state index is -3.68. The third-order valence-corrected chi connectivity index (χ3v) is 5.56. The molecule has 0 aliphatic carbocycles. The molecule has 3 rings (SSSR count). The number of rotatable bonds is 4. The number of hydrogen-bond acceptors (Lipinski definition) is 5. The molecule has 0 bridgehead atoms. The van der Waals surface area contributed by atoms with Crippen LogP contribution >= 0.6 is 0 Å². The van der Waals surface area contributed by atoms with Crippen molar-refractivity contribution in [2.24, 2.45) is 0 Å². The molecule has 7 nitrogen and oxygen atoms in total. The van der Waals surface area contributed by atoms with E-state index in [1.165, 1.54) is 24.6 Å². The van der Waals surface area contributed by atoms with E-state index in [9.17, 15) is 8.42 Å². The first-order valence-corrected chi connectivity index (χ1v) is 8.22. The van der Waals surface area contributed by atoms with Gasteiger partial charge in [0.1, 0.15) is 22.2 Å². The summed E-state index contributed by atoms with van der Waals surface area (Å²) in [6.45, 7) is 1.22. The Balaban J connectivity index is 2.00. The van der Waals surface area contributed by atoms with Crippen LogP contribution in [-0.2, 0) is 23.1 Å². The average molecular weight is 323 g/mol. The number of hydrogen-bond donors (Lipinski definition) is 0. The number of ether oxygens (including phenoxy) is 2. The molecule has 0 spiro atoms. The smallest absolute Gasteiger partial charge is 0.247 e. The minimum absolute atomic E-state index is 0.106. The Morgan fingerprint density at radius 3 is 2.73 bits per heavy atom.